The highest BCUT2D eigenvalue weighted by Crippen LogP contribution is 2.02. The van der Waals surface area contributed by atoms with Crippen LogP contribution in [0.2, 0.25) is 0 Å². The smallest absolute Gasteiger partial charge is 0.306 e. The molecular weight excluding hydrogens is 242 g/mol. The van der Waals surface area contributed by atoms with E-state index in [9.17, 15) is 4.79 Å². The van der Waals surface area contributed by atoms with Crippen molar-refractivity contribution in [3.8, 4) is 0 Å². The van der Waals surface area contributed by atoms with Crippen molar-refractivity contribution in [2.45, 2.75) is 12.8 Å². The van der Waals surface area contributed by atoms with Crippen LogP contribution in [0.25, 0.3) is 0 Å². The van der Waals surface area contributed by atoms with E-state index < -0.39 is 0 Å². The minimum Gasteiger partial charge on any atom is -0.469 e. The molecule has 19 heavy (non-hydrogen) atoms. The van der Waals surface area contributed by atoms with Crippen LogP contribution in [-0.4, -0.2) is 51.3 Å². The molecule has 106 valence electrons. The Morgan fingerprint density at radius 2 is 1.84 bits per heavy atom. The molecule has 0 radical (unpaired) electrons. The minimum atomic E-state index is -0.165. The summed E-state index contributed by atoms with van der Waals surface area (Å²) in [4.78, 5) is 13.4. The van der Waals surface area contributed by atoms with Gasteiger partial charge >= 0.3 is 5.97 Å². The molecule has 1 rings (SSSR count). The van der Waals surface area contributed by atoms with E-state index in [-0.39, 0.29) is 5.97 Å². The number of ether oxygens (including phenoxy) is 2. The third kappa shape index (κ3) is 6.94. The van der Waals surface area contributed by atoms with E-state index in [0.717, 1.165) is 19.5 Å². The van der Waals surface area contributed by atoms with E-state index in [1.807, 2.05) is 18.2 Å². The van der Waals surface area contributed by atoms with E-state index in [2.05, 4.69) is 21.8 Å². The van der Waals surface area contributed by atoms with E-state index in [1.54, 1.807) is 7.11 Å². The highest BCUT2D eigenvalue weighted by atomic mass is 16.5. The van der Waals surface area contributed by atoms with Crippen LogP contribution >= 0.6 is 0 Å². The first kappa shape index (κ1) is 15.7. The number of methoxy groups -OCH3 is 2. The molecule has 4 nitrogen and oxygen atoms in total. The summed E-state index contributed by atoms with van der Waals surface area (Å²) in [6.07, 6.45) is 1.40. The molecule has 0 fully saturated rings. The number of hydrogen-bond donors (Lipinski definition) is 0. The number of carbonyl (C=O) groups is 1. The van der Waals surface area contributed by atoms with Gasteiger partial charge in [0.2, 0.25) is 0 Å². The molecule has 0 N–H and O–H groups in total. The minimum absolute atomic E-state index is 0.165. The van der Waals surface area contributed by atoms with Crippen molar-refractivity contribution in [1.82, 2.24) is 4.90 Å². The van der Waals surface area contributed by atoms with Crippen LogP contribution in [0.3, 0.4) is 0 Å². The third-order valence-corrected chi connectivity index (χ3v) is 3.03. The van der Waals surface area contributed by atoms with E-state index in [4.69, 9.17) is 4.74 Å². The van der Waals surface area contributed by atoms with Gasteiger partial charge < -0.3 is 14.4 Å². The molecule has 4 heteroatoms. The summed E-state index contributed by atoms with van der Waals surface area (Å²) in [5.74, 6) is -0.165. The van der Waals surface area contributed by atoms with Gasteiger partial charge in [-0.15, -0.1) is 0 Å². The molecule has 0 saturated heterocycles. The highest BCUT2D eigenvalue weighted by Gasteiger charge is 2.08. The average Bonchev–Trinajstić information content (AvgIpc) is 2.47. The summed E-state index contributed by atoms with van der Waals surface area (Å²) in [6.45, 7) is 3.14. The predicted octanol–water partition coefficient (Wildman–Crippen LogP) is 1.74. The van der Waals surface area contributed by atoms with Gasteiger partial charge in [0, 0.05) is 26.7 Å². The molecule has 0 unspecified atom stereocenters. The lowest BCUT2D eigenvalue weighted by molar-refractivity contribution is -0.141. The van der Waals surface area contributed by atoms with Crippen molar-refractivity contribution in [1.29, 1.82) is 0 Å². The first-order valence-electron chi connectivity index (χ1n) is 6.58. The van der Waals surface area contributed by atoms with Crippen LogP contribution in [-0.2, 0) is 20.7 Å². The maximum Gasteiger partial charge on any atom is 0.306 e. The maximum atomic E-state index is 11.2. The molecule has 0 spiro atoms. The Balaban J connectivity index is 2.37. The standard InChI is InChI=1S/C15H23NO3/c1-18-13-12-16(11-9-15(17)19-2)10-8-14-6-4-3-5-7-14/h3-7H,8-13H2,1-2H3. The Bertz CT molecular complexity index is 354. The van der Waals surface area contributed by atoms with Crippen LogP contribution in [0.15, 0.2) is 30.3 Å². The molecule has 1 aromatic carbocycles. The van der Waals surface area contributed by atoms with Gasteiger partial charge in [-0.05, 0) is 12.0 Å². The molecule has 0 aromatic heterocycles. The normalized spacial score (nSPS) is 10.7. The summed E-state index contributed by atoms with van der Waals surface area (Å²) in [6, 6.07) is 10.3. The number of hydrogen-bond acceptors (Lipinski definition) is 4. The van der Waals surface area contributed by atoms with E-state index in [1.165, 1.54) is 12.7 Å². The Morgan fingerprint density at radius 1 is 1.11 bits per heavy atom. The first-order chi connectivity index (χ1) is 9.26. The van der Waals surface area contributed by atoms with Crippen molar-refractivity contribution in [3.63, 3.8) is 0 Å². The van der Waals surface area contributed by atoms with Crippen LogP contribution in [0, 0.1) is 0 Å². The molecule has 0 aliphatic carbocycles. The lowest BCUT2D eigenvalue weighted by Gasteiger charge is -2.21. The third-order valence-electron chi connectivity index (χ3n) is 3.03. The van der Waals surface area contributed by atoms with Gasteiger partial charge in [0.1, 0.15) is 0 Å². The Hall–Kier alpha value is -1.39. The molecule has 0 atom stereocenters. The predicted molar refractivity (Wildman–Crippen MR) is 75.1 cm³/mol. The highest BCUT2D eigenvalue weighted by molar-refractivity contribution is 5.69. The summed E-state index contributed by atoms with van der Waals surface area (Å²) in [7, 11) is 3.11. The van der Waals surface area contributed by atoms with Gasteiger partial charge in [-0.25, -0.2) is 0 Å². The second-order valence-electron chi connectivity index (χ2n) is 4.40. The summed E-state index contributed by atoms with van der Waals surface area (Å²) < 4.78 is 9.77. The second kappa shape index (κ2) is 9.53. The van der Waals surface area contributed by atoms with Gasteiger partial charge in [0.05, 0.1) is 20.1 Å². The van der Waals surface area contributed by atoms with E-state index in [0.29, 0.717) is 19.6 Å². The molecule has 0 heterocycles. The first-order valence-corrected chi connectivity index (χ1v) is 6.58. The largest absolute Gasteiger partial charge is 0.469 e. The van der Waals surface area contributed by atoms with Gasteiger partial charge in [-0.2, -0.15) is 0 Å². The van der Waals surface area contributed by atoms with Crippen molar-refractivity contribution < 1.29 is 14.3 Å². The zero-order valence-corrected chi connectivity index (χ0v) is 11.8. The number of nitrogens with zero attached hydrogens (tertiary/aromatic N) is 1. The molecule has 0 aliphatic rings. The SMILES string of the molecule is COCCN(CCC(=O)OC)CCc1ccccc1. The number of rotatable bonds is 9. The van der Waals surface area contributed by atoms with Crippen molar-refractivity contribution in [2.75, 3.05) is 40.5 Å². The molecule has 0 saturated carbocycles. The van der Waals surface area contributed by atoms with Crippen LogP contribution in [0.4, 0.5) is 0 Å². The van der Waals surface area contributed by atoms with Gasteiger partial charge in [-0.3, -0.25) is 4.79 Å². The topological polar surface area (TPSA) is 38.8 Å². The Labute approximate surface area is 115 Å². The van der Waals surface area contributed by atoms with Crippen LogP contribution < -0.4 is 0 Å². The fourth-order valence-electron chi connectivity index (χ4n) is 1.84. The summed E-state index contributed by atoms with van der Waals surface area (Å²) in [5, 5.41) is 0. The zero-order valence-electron chi connectivity index (χ0n) is 11.8. The van der Waals surface area contributed by atoms with Crippen LogP contribution in [0.1, 0.15) is 12.0 Å². The Kier molecular flexibility index (Phi) is 7.86. The lowest BCUT2D eigenvalue weighted by atomic mass is 10.1. The van der Waals surface area contributed by atoms with Gasteiger partial charge in [0.15, 0.2) is 0 Å². The lowest BCUT2D eigenvalue weighted by Crippen LogP contribution is -2.32. The summed E-state index contributed by atoms with van der Waals surface area (Å²) in [5.41, 5.74) is 1.31. The molecular formula is C15H23NO3. The quantitative estimate of drug-likeness (QED) is 0.638. The average molecular weight is 265 g/mol. The number of benzene rings is 1. The van der Waals surface area contributed by atoms with Gasteiger partial charge in [0.25, 0.3) is 0 Å². The van der Waals surface area contributed by atoms with E-state index >= 15 is 0 Å². The molecule has 0 aliphatic heterocycles. The molecule has 0 bridgehead atoms. The number of carbonyl (C=O) groups excluding carboxylic acids is 1. The van der Waals surface area contributed by atoms with Crippen LogP contribution in [0.5, 0.6) is 0 Å². The van der Waals surface area contributed by atoms with Crippen molar-refractivity contribution >= 4 is 5.97 Å². The summed E-state index contributed by atoms with van der Waals surface area (Å²) >= 11 is 0. The van der Waals surface area contributed by atoms with Crippen molar-refractivity contribution in [2.24, 2.45) is 0 Å². The molecule has 1 aromatic rings. The maximum absolute atomic E-state index is 11.2. The van der Waals surface area contributed by atoms with Crippen molar-refractivity contribution in [3.05, 3.63) is 35.9 Å². The monoisotopic (exact) mass is 265 g/mol. The fraction of sp³-hybridized carbons (Fsp3) is 0.533. The fourth-order valence-corrected chi connectivity index (χ4v) is 1.84. The Morgan fingerprint density at radius 3 is 2.47 bits per heavy atom. The second-order valence-corrected chi connectivity index (χ2v) is 4.40. The zero-order chi connectivity index (χ0) is 13.9. The van der Waals surface area contributed by atoms with Gasteiger partial charge in [-0.1, -0.05) is 30.3 Å². The number of esters is 1. The molecule has 0 amide bonds.